The Balaban J connectivity index is 3.05. The summed E-state index contributed by atoms with van der Waals surface area (Å²) in [5.41, 5.74) is 3.92. The monoisotopic (exact) mass is 247 g/mol. The average Bonchev–Trinajstić information content (AvgIpc) is 2.26. The molecule has 2 heteroatoms. The topological polar surface area (TPSA) is 29.1 Å². The Morgan fingerprint density at radius 3 is 2.44 bits per heavy atom. The molecule has 0 saturated carbocycles. The summed E-state index contributed by atoms with van der Waals surface area (Å²) in [6.45, 7) is 13.1. The molecule has 0 aliphatic heterocycles. The number of amides is 1. The van der Waals surface area contributed by atoms with Crippen molar-refractivity contribution in [3.63, 3.8) is 0 Å². The normalized spacial score (nSPS) is 11.7. The molecule has 1 N–H and O–H groups in total. The molecule has 0 unspecified atom stereocenters. The van der Waals surface area contributed by atoms with Gasteiger partial charge >= 0.3 is 0 Å². The van der Waals surface area contributed by atoms with Crippen molar-refractivity contribution in [1.82, 2.24) is 5.32 Å². The summed E-state index contributed by atoms with van der Waals surface area (Å²) in [5, 5.41) is 2.92. The van der Waals surface area contributed by atoms with E-state index in [4.69, 9.17) is 0 Å². The maximum Gasteiger partial charge on any atom is 0.216 e. The van der Waals surface area contributed by atoms with Crippen molar-refractivity contribution in [3.05, 3.63) is 34.9 Å². The smallest absolute Gasteiger partial charge is 0.216 e. The van der Waals surface area contributed by atoms with E-state index in [0.717, 1.165) is 0 Å². The summed E-state index contributed by atoms with van der Waals surface area (Å²) in [7, 11) is 0. The third kappa shape index (κ3) is 3.59. The fourth-order valence-corrected chi connectivity index (χ4v) is 2.17. The molecule has 18 heavy (non-hydrogen) atoms. The van der Waals surface area contributed by atoms with E-state index in [1.54, 1.807) is 6.92 Å². The van der Waals surface area contributed by atoms with Gasteiger partial charge in [-0.15, -0.1) is 0 Å². The van der Waals surface area contributed by atoms with Crippen molar-refractivity contribution in [2.75, 3.05) is 6.54 Å². The van der Waals surface area contributed by atoms with Gasteiger partial charge in [0.25, 0.3) is 0 Å². The number of hydrogen-bond donors (Lipinski definition) is 1. The maximum absolute atomic E-state index is 11.1. The van der Waals surface area contributed by atoms with Gasteiger partial charge in [-0.05, 0) is 29.5 Å². The first-order chi connectivity index (χ1) is 8.24. The first-order valence-electron chi connectivity index (χ1n) is 6.59. The van der Waals surface area contributed by atoms with Crippen molar-refractivity contribution in [3.8, 4) is 0 Å². The highest BCUT2D eigenvalue weighted by atomic mass is 16.1. The second-order valence-corrected chi connectivity index (χ2v) is 6.02. The number of benzene rings is 1. The molecule has 0 saturated heterocycles. The van der Waals surface area contributed by atoms with Gasteiger partial charge in [0.15, 0.2) is 0 Å². The van der Waals surface area contributed by atoms with E-state index in [9.17, 15) is 4.79 Å². The molecule has 1 amide bonds. The number of carbonyl (C=O) groups is 1. The lowest BCUT2D eigenvalue weighted by atomic mass is 9.80. The predicted octanol–water partition coefficient (Wildman–Crippen LogP) is 3.53. The van der Waals surface area contributed by atoms with Crippen LogP contribution >= 0.6 is 0 Å². The Hall–Kier alpha value is -1.31. The van der Waals surface area contributed by atoms with E-state index in [0.29, 0.717) is 12.5 Å². The molecule has 0 radical (unpaired) electrons. The van der Waals surface area contributed by atoms with Crippen LogP contribution in [-0.4, -0.2) is 12.5 Å². The summed E-state index contributed by atoms with van der Waals surface area (Å²) in [6, 6.07) is 6.65. The van der Waals surface area contributed by atoms with Crippen LogP contribution in [0.1, 0.15) is 57.2 Å². The Bertz CT molecular complexity index is 433. The van der Waals surface area contributed by atoms with Gasteiger partial charge in [0.2, 0.25) is 5.91 Å². The summed E-state index contributed by atoms with van der Waals surface area (Å²) >= 11 is 0. The number of nitrogens with one attached hydrogen (secondary N) is 1. The van der Waals surface area contributed by atoms with E-state index in [-0.39, 0.29) is 11.3 Å². The predicted molar refractivity (Wildman–Crippen MR) is 77.0 cm³/mol. The Kier molecular flexibility index (Phi) is 4.55. The molecule has 0 aromatic heterocycles. The molecule has 0 fully saturated rings. The molecule has 0 atom stereocenters. The van der Waals surface area contributed by atoms with Crippen molar-refractivity contribution >= 4 is 5.91 Å². The summed E-state index contributed by atoms with van der Waals surface area (Å²) in [6.07, 6.45) is 0. The van der Waals surface area contributed by atoms with Crippen LogP contribution in [0.15, 0.2) is 18.2 Å². The fourth-order valence-electron chi connectivity index (χ4n) is 2.17. The van der Waals surface area contributed by atoms with Crippen molar-refractivity contribution in [1.29, 1.82) is 0 Å². The van der Waals surface area contributed by atoms with E-state index in [1.807, 2.05) is 0 Å². The minimum Gasteiger partial charge on any atom is -0.355 e. The van der Waals surface area contributed by atoms with Crippen LogP contribution in [0.25, 0.3) is 0 Å². The Morgan fingerprint density at radius 2 is 1.94 bits per heavy atom. The first-order valence-corrected chi connectivity index (χ1v) is 6.59. The van der Waals surface area contributed by atoms with Gasteiger partial charge in [0.1, 0.15) is 0 Å². The highest BCUT2D eigenvalue weighted by Crippen LogP contribution is 2.28. The van der Waals surface area contributed by atoms with Crippen LogP contribution in [0.4, 0.5) is 0 Å². The minimum absolute atomic E-state index is 0.0285. The summed E-state index contributed by atoms with van der Waals surface area (Å²) in [5.74, 6) is 0.557. The lowest BCUT2D eigenvalue weighted by Crippen LogP contribution is -2.36. The van der Waals surface area contributed by atoms with Gasteiger partial charge in [-0.3, -0.25) is 4.79 Å². The number of rotatable bonds is 4. The molecule has 1 rings (SSSR count). The minimum atomic E-state index is -0.0410. The highest BCUT2D eigenvalue weighted by molar-refractivity contribution is 5.73. The first kappa shape index (κ1) is 14.7. The van der Waals surface area contributed by atoms with Gasteiger partial charge in [0, 0.05) is 18.9 Å². The zero-order valence-corrected chi connectivity index (χ0v) is 12.4. The molecule has 1 aromatic carbocycles. The van der Waals surface area contributed by atoms with Crippen LogP contribution in [-0.2, 0) is 10.2 Å². The van der Waals surface area contributed by atoms with Crippen LogP contribution < -0.4 is 5.32 Å². The maximum atomic E-state index is 11.1. The average molecular weight is 247 g/mol. The van der Waals surface area contributed by atoms with Crippen LogP contribution in [0.2, 0.25) is 0 Å². The lowest BCUT2D eigenvalue weighted by Gasteiger charge is -2.28. The van der Waals surface area contributed by atoms with E-state index < -0.39 is 0 Å². The van der Waals surface area contributed by atoms with Crippen LogP contribution in [0.5, 0.6) is 0 Å². The van der Waals surface area contributed by atoms with Crippen molar-refractivity contribution in [2.24, 2.45) is 0 Å². The summed E-state index contributed by atoms with van der Waals surface area (Å²) < 4.78 is 0. The standard InChI is InChI=1S/C16H25NO/c1-11(2)14-8-7-12(3)15(9-14)16(5,6)10-17-13(4)18/h7-9,11H,10H2,1-6H3,(H,17,18). The van der Waals surface area contributed by atoms with Crippen LogP contribution in [0, 0.1) is 6.92 Å². The third-order valence-corrected chi connectivity index (χ3v) is 3.44. The molecule has 0 bridgehead atoms. The van der Waals surface area contributed by atoms with Gasteiger partial charge in [-0.25, -0.2) is 0 Å². The molecule has 0 aliphatic rings. The van der Waals surface area contributed by atoms with Gasteiger partial charge in [0.05, 0.1) is 0 Å². The van der Waals surface area contributed by atoms with Gasteiger partial charge in [-0.1, -0.05) is 45.9 Å². The molecule has 0 spiro atoms. The SMILES string of the molecule is CC(=O)NCC(C)(C)c1cc(C(C)C)ccc1C. The van der Waals surface area contributed by atoms with E-state index in [2.05, 4.69) is 58.1 Å². The Morgan fingerprint density at radius 1 is 1.33 bits per heavy atom. The quantitative estimate of drug-likeness (QED) is 0.866. The molecular formula is C16H25NO. The van der Waals surface area contributed by atoms with Crippen LogP contribution in [0.3, 0.4) is 0 Å². The molecule has 0 heterocycles. The molecular weight excluding hydrogens is 222 g/mol. The molecule has 0 aliphatic carbocycles. The number of hydrogen-bond acceptors (Lipinski definition) is 1. The number of carbonyl (C=O) groups excluding carboxylic acids is 1. The zero-order valence-electron chi connectivity index (χ0n) is 12.4. The fraction of sp³-hybridized carbons (Fsp3) is 0.562. The van der Waals surface area contributed by atoms with Gasteiger partial charge < -0.3 is 5.32 Å². The molecule has 100 valence electrons. The zero-order chi connectivity index (χ0) is 13.9. The molecule has 2 nitrogen and oxygen atoms in total. The molecule has 1 aromatic rings. The van der Waals surface area contributed by atoms with Crippen molar-refractivity contribution < 1.29 is 4.79 Å². The second-order valence-electron chi connectivity index (χ2n) is 6.02. The third-order valence-electron chi connectivity index (χ3n) is 3.44. The summed E-state index contributed by atoms with van der Waals surface area (Å²) in [4.78, 5) is 11.1. The van der Waals surface area contributed by atoms with Gasteiger partial charge in [-0.2, -0.15) is 0 Å². The Labute approximate surface area is 111 Å². The van der Waals surface area contributed by atoms with E-state index in [1.165, 1.54) is 16.7 Å². The lowest BCUT2D eigenvalue weighted by molar-refractivity contribution is -0.119. The van der Waals surface area contributed by atoms with Crippen molar-refractivity contribution in [2.45, 2.75) is 52.9 Å². The highest BCUT2D eigenvalue weighted by Gasteiger charge is 2.23. The second kappa shape index (κ2) is 5.55. The van der Waals surface area contributed by atoms with E-state index >= 15 is 0 Å². The largest absolute Gasteiger partial charge is 0.355 e. The number of aryl methyl sites for hydroxylation is 1.